The normalized spacial score (nSPS) is 11.5. The number of hydrogen-bond donors (Lipinski definition) is 0. The summed E-state index contributed by atoms with van der Waals surface area (Å²) in [5.74, 6) is -0.824. The van der Waals surface area contributed by atoms with Gasteiger partial charge in [-0.15, -0.1) is 0 Å². The van der Waals surface area contributed by atoms with Gasteiger partial charge in [0.05, 0.1) is 13.2 Å². The summed E-state index contributed by atoms with van der Waals surface area (Å²) in [6.07, 6.45) is 0.343. The molecule has 0 fully saturated rings. The lowest BCUT2D eigenvalue weighted by Crippen LogP contribution is -2.18. The zero-order valence-electron chi connectivity index (χ0n) is 11.9. The minimum absolute atomic E-state index is 0.186. The zero-order valence-corrected chi connectivity index (χ0v) is 11.9. The van der Waals surface area contributed by atoms with Gasteiger partial charge in [-0.25, -0.2) is 9.59 Å². The molecule has 0 rings (SSSR count). The van der Waals surface area contributed by atoms with Crippen LogP contribution in [0.5, 0.6) is 0 Å². The van der Waals surface area contributed by atoms with Crippen LogP contribution in [0.3, 0.4) is 0 Å². The third-order valence-electron chi connectivity index (χ3n) is 2.13. The van der Waals surface area contributed by atoms with Crippen LogP contribution in [0.4, 0.5) is 0 Å². The summed E-state index contributed by atoms with van der Waals surface area (Å²) in [6.45, 7) is 12.8. The van der Waals surface area contributed by atoms with Crippen molar-refractivity contribution >= 4 is 11.9 Å². The van der Waals surface area contributed by atoms with Crippen LogP contribution in [-0.2, 0) is 23.8 Å². The third kappa shape index (κ3) is 9.02. The molecule has 0 saturated carbocycles. The maximum absolute atomic E-state index is 11.2. The topological polar surface area (TPSA) is 61.8 Å². The molecule has 0 aromatic rings. The quantitative estimate of drug-likeness (QED) is 0.364. The Morgan fingerprint density at radius 2 is 1.58 bits per heavy atom. The lowest BCUT2D eigenvalue weighted by atomic mass is 10.3. The lowest BCUT2D eigenvalue weighted by Gasteiger charge is -2.13. The van der Waals surface area contributed by atoms with E-state index < -0.39 is 11.9 Å². The number of rotatable bonds is 9. The van der Waals surface area contributed by atoms with Gasteiger partial charge in [-0.05, 0) is 20.8 Å². The third-order valence-corrected chi connectivity index (χ3v) is 2.13. The Balaban J connectivity index is 3.54. The van der Waals surface area contributed by atoms with E-state index in [-0.39, 0.29) is 12.7 Å². The van der Waals surface area contributed by atoms with Crippen LogP contribution >= 0.6 is 0 Å². The standard InChI is InChI=1S/C14H22O5/c1-10(2)13(15)18-9-8-17-7-6-12(5)19-14(16)11(3)4/h12H,1,3,6-9H2,2,4-5H3. The van der Waals surface area contributed by atoms with E-state index in [2.05, 4.69) is 13.2 Å². The summed E-state index contributed by atoms with van der Waals surface area (Å²) in [5, 5.41) is 0. The Labute approximate surface area is 114 Å². The number of esters is 2. The van der Waals surface area contributed by atoms with Gasteiger partial charge in [-0.2, -0.15) is 0 Å². The Morgan fingerprint density at radius 1 is 1.00 bits per heavy atom. The van der Waals surface area contributed by atoms with E-state index in [1.54, 1.807) is 20.8 Å². The van der Waals surface area contributed by atoms with Crippen LogP contribution in [0.25, 0.3) is 0 Å². The summed E-state index contributed by atoms with van der Waals surface area (Å²) in [7, 11) is 0. The van der Waals surface area contributed by atoms with E-state index >= 15 is 0 Å². The van der Waals surface area contributed by atoms with E-state index in [4.69, 9.17) is 14.2 Å². The SMILES string of the molecule is C=C(C)C(=O)OCCOCCC(C)OC(=O)C(=C)C. The van der Waals surface area contributed by atoms with Gasteiger partial charge >= 0.3 is 11.9 Å². The summed E-state index contributed by atoms with van der Waals surface area (Å²) in [4.78, 5) is 22.2. The first kappa shape index (κ1) is 17.4. The molecule has 0 aliphatic heterocycles. The maximum atomic E-state index is 11.2. The average molecular weight is 270 g/mol. The molecule has 19 heavy (non-hydrogen) atoms. The average Bonchev–Trinajstić information content (AvgIpc) is 2.32. The first-order valence-electron chi connectivity index (χ1n) is 6.11. The Kier molecular flexibility index (Phi) is 8.53. The highest BCUT2D eigenvalue weighted by molar-refractivity contribution is 5.87. The molecule has 0 heterocycles. The highest BCUT2D eigenvalue weighted by Crippen LogP contribution is 2.02. The second-order valence-corrected chi connectivity index (χ2v) is 4.31. The van der Waals surface area contributed by atoms with Crippen LogP contribution in [-0.4, -0.2) is 37.9 Å². The van der Waals surface area contributed by atoms with Crippen molar-refractivity contribution in [3.05, 3.63) is 24.3 Å². The number of carbonyl (C=O) groups is 2. The monoisotopic (exact) mass is 270 g/mol. The molecule has 0 aliphatic carbocycles. The molecular weight excluding hydrogens is 248 g/mol. The van der Waals surface area contributed by atoms with E-state index in [1.807, 2.05) is 0 Å². The second-order valence-electron chi connectivity index (χ2n) is 4.31. The summed E-state index contributed by atoms with van der Waals surface area (Å²) in [6, 6.07) is 0. The molecule has 5 nitrogen and oxygen atoms in total. The highest BCUT2D eigenvalue weighted by Gasteiger charge is 2.09. The van der Waals surface area contributed by atoms with Crippen LogP contribution in [0.15, 0.2) is 24.3 Å². The van der Waals surface area contributed by atoms with Gasteiger partial charge in [0.15, 0.2) is 0 Å². The minimum atomic E-state index is -0.424. The van der Waals surface area contributed by atoms with Gasteiger partial charge in [-0.1, -0.05) is 13.2 Å². The molecule has 0 bridgehead atoms. The largest absolute Gasteiger partial charge is 0.460 e. The molecule has 108 valence electrons. The first-order chi connectivity index (χ1) is 8.84. The predicted molar refractivity (Wildman–Crippen MR) is 71.6 cm³/mol. The number of ether oxygens (including phenoxy) is 3. The fraction of sp³-hybridized carbons (Fsp3) is 0.571. The Morgan fingerprint density at radius 3 is 2.11 bits per heavy atom. The van der Waals surface area contributed by atoms with Gasteiger partial charge in [0.2, 0.25) is 0 Å². The molecule has 0 radical (unpaired) electrons. The number of hydrogen-bond acceptors (Lipinski definition) is 5. The van der Waals surface area contributed by atoms with Gasteiger partial charge in [0, 0.05) is 17.6 Å². The fourth-order valence-electron chi connectivity index (χ4n) is 1.01. The fourth-order valence-corrected chi connectivity index (χ4v) is 1.01. The van der Waals surface area contributed by atoms with Crippen molar-refractivity contribution in [3.63, 3.8) is 0 Å². The second kappa shape index (κ2) is 9.33. The van der Waals surface area contributed by atoms with Gasteiger partial charge in [0.1, 0.15) is 12.7 Å². The summed E-state index contributed by atoms with van der Waals surface area (Å²) >= 11 is 0. The smallest absolute Gasteiger partial charge is 0.333 e. The van der Waals surface area contributed by atoms with Crippen molar-refractivity contribution < 1.29 is 23.8 Å². The van der Waals surface area contributed by atoms with Crippen LogP contribution in [0.2, 0.25) is 0 Å². The molecule has 5 heteroatoms. The van der Waals surface area contributed by atoms with E-state index in [1.165, 1.54) is 0 Å². The zero-order chi connectivity index (χ0) is 14.8. The molecule has 0 aromatic carbocycles. The summed E-state index contributed by atoms with van der Waals surface area (Å²) < 4.78 is 15.2. The van der Waals surface area contributed by atoms with Crippen molar-refractivity contribution in [1.29, 1.82) is 0 Å². The molecule has 0 aromatic heterocycles. The Hall–Kier alpha value is -1.62. The van der Waals surface area contributed by atoms with Gasteiger partial charge in [-0.3, -0.25) is 0 Å². The molecule has 0 aliphatic rings. The lowest BCUT2D eigenvalue weighted by molar-refractivity contribution is -0.145. The van der Waals surface area contributed by atoms with Gasteiger partial charge in [0.25, 0.3) is 0 Å². The molecule has 1 unspecified atom stereocenters. The summed E-state index contributed by atoms with van der Waals surface area (Å²) in [5.41, 5.74) is 0.736. The van der Waals surface area contributed by atoms with E-state index in [0.29, 0.717) is 30.8 Å². The predicted octanol–water partition coefficient (Wildman–Crippen LogP) is 2.02. The van der Waals surface area contributed by atoms with Crippen LogP contribution in [0.1, 0.15) is 27.2 Å². The molecule has 0 spiro atoms. The van der Waals surface area contributed by atoms with Crippen molar-refractivity contribution in [3.8, 4) is 0 Å². The minimum Gasteiger partial charge on any atom is -0.460 e. The highest BCUT2D eigenvalue weighted by atomic mass is 16.6. The molecule has 0 amide bonds. The van der Waals surface area contributed by atoms with Crippen molar-refractivity contribution in [2.75, 3.05) is 19.8 Å². The molecule has 1 atom stereocenters. The van der Waals surface area contributed by atoms with E-state index in [0.717, 1.165) is 0 Å². The van der Waals surface area contributed by atoms with Crippen molar-refractivity contribution in [2.45, 2.75) is 33.3 Å². The van der Waals surface area contributed by atoms with Gasteiger partial charge < -0.3 is 14.2 Å². The maximum Gasteiger partial charge on any atom is 0.333 e. The number of carbonyl (C=O) groups excluding carboxylic acids is 2. The first-order valence-corrected chi connectivity index (χ1v) is 6.11. The van der Waals surface area contributed by atoms with Crippen LogP contribution in [0, 0.1) is 0 Å². The van der Waals surface area contributed by atoms with E-state index in [9.17, 15) is 9.59 Å². The Bertz CT molecular complexity index is 346. The molecule has 0 saturated heterocycles. The van der Waals surface area contributed by atoms with Crippen molar-refractivity contribution in [1.82, 2.24) is 0 Å². The van der Waals surface area contributed by atoms with Crippen LogP contribution < -0.4 is 0 Å². The molecular formula is C14H22O5. The van der Waals surface area contributed by atoms with Crippen molar-refractivity contribution in [2.24, 2.45) is 0 Å². The molecule has 0 N–H and O–H groups in total.